The van der Waals surface area contributed by atoms with Crippen LogP contribution in [-0.2, 0) is 12.2 Å². The van der Waals surface area contributed by atoms with E-state index in [1.54, 1.807) is 0 Å². The van der Waals surface area contributed by atoms with Crippen molar-refractivity contribution in [3.63, 3.8) is 0 Å². The number of hydrogen-bond donors (Lipinski definition) is 1. The molecule has 1 N–H and O–H groups in total. The first-order chi connectivity index (χ1) is 8.38. The van der Waals surface area contributed by atoms with Crippen LogP contribution in [0.15, 0.2) is 4.52 Å². The molecule has 0 aliphatic carbocycles. The summed E-state index contributed by atoms with van der Waals surface area (Å²) in [5.41, 5.74) is 0. The predicted molar refractivity (Wildman–Crippen MR) is 70.0 cm³/mol. The third-order valence-electron chi connectivity index (χ3n) is 3.17. The van der Waals surface area contributed by atoms with Crippen LogP contribution in [0.5, 0.6) is 0 Å². The molecular weight excluding hydrogens is 234 g/mol. The van der Waals surface area contributed by atoms with Crippen LogP contribution in [-0.4, -0.2) is 29.0 Å². The minimum atomic E-state index is 0.815. The second kappa shape index (κ2) is 7.01. The zero-order valence-corrected chi connectivity index (χ0v) is 11.3. The molecule has 0 saturated carbocycles. The molecule has 2 rings (SSSR count). The van der Waals surface area contributed by atoms with Crippen LogP contribution in [0.1, 0.15) is 37.9 Å². The fourth-order valence-corrected chi connectivity index (χ4v) is 2.65. The van der Waals surface area contributed by atoms with Gasteiger partial charge >= 0.3 is 0 Å². The largest absolute Gasteiger partial charge is 0.339 e. The SMILES string of the molecule is CCSCc1noc(CCC2CCNCC2)n1. The van der Waals surface area contributed by atoms with Gasteiger partial charge in [-0.1, -0.05) is 12.1 Å². The average Bonchev–Trinajstić information content (AvgIpc) is 2.83. The van der Waals surface area contributed by atoms with Gasteiger partial charge in [-0.3, -0.25) is 0 Å². The van der Waals surface area contributed by atoms with E-state index < -0.39 is 0 Å². The van der Waals surface area contributed by atoms with Crippen molar-refractivity contribution in [3.05, 3.63) is 11.7 Å². The highest BCUT2D eigenvalue weighted by Gasteiger charge is 2.14. The molecule has 1 aliphatic rings. The highest BCUT2D eigenvalue weighted by atomic mass is 32.2. The van der Waals surface area contributed by atoms with Crippen LogP contribution in [0.3, 0.4) is 0 Å². The highest BCUT2D eigenvalue weighted by Crippen LogP contribution is 2.18. The van der Waals surface area contributed by atoms with E-state index >= 15 is 0 Å². The molecule has 2 heterocycles. The monoisotopic (exact) mass is 255 g/mol. The Morgan fingerprint density at radius 1 is 1.41 bits per heavy atom. The van der Waals surface area contributed by atoms with Crippen molar-refractivity contribution in [2.75, 3.05) is 18.8 Å². The molecule has 1 saturated heterocycles. The molecule has 1 aromatic rings. The average molecular weight is 255 g/mol. The molecule has 0 aromatic carbocycles. The summed E-state index contributed by atoms with van der Waals surface area (Å²) in [6.45, 7) is 4.46. The molecule has 1 aliphatic heterocycles. The van der Waals surface area contributed by atoms with Gasteiger partial charge in [0.15, 0.2) is 5.82 Å². The molecular formula is C12H21N3OS. The Labute approximate surface area is 107 Å². The van der Waals surface area contributed by atoms with Crippen LogP contribution in [0, 0.1) is 5.92 Å². The van der Waals surface area contributed by atoms with Gasteiger partial charge in [-0.2, -0.15) is 16.7 Å². The lowest BCUT2D eigenvalue weighted by Gasteiger charge is -2.21. The van der Waals surface area contributed by atoms with Crippen molar-refractivity contribution in [1.82, 2.24) is 15.5 Å². The third-order valence-corrected chi connectivity index (χ3v) is 4.04. The first-order valence-electron chi connectivity index (χ1n) is 6.48. The smallest absolute Gasteiger partial charge is 0.226 e. The molecule has 5 heteroatoms. The standard InChI is InChI=1S/C12H21N3OS/c1-2-17-9-11-14-12(16-15-11)4-3-10-5-7-13-8-6-10/h10,13H,2-9H2,1H3. The fourth-order valence-electron chi connectivity index (χ4n) is 2.14. The minimum Gasteiger partial charge on any atom is -0.339 e. The van der Waals surface area contributed by atoms with Gasteiger partial charge in [-0.25, -0.2) is 0 Å². The van der Waals surface area contributed by atoms with E-state index in [0.29, 0.717) is 0 Å². The summed E-state index contributed by atoms with van der Waals surface area (Å²) >= 11 is 1.83. The maximum atomic E-state index is 5.26. The van der Waals surface area contributed by atoms with Crippen molar-refractivity contribution in [3.8, 4) is 0 Å². The van der Waals surface area contributed by atoms with Crippen molar-refractivity contribution in [1.29, 1.82) is 0 Å². The number of nitrogens with one attached hydrogen (secondary N) is 1. The molecule has 0 unspecified atom stereocenters. The molecule has 1 fully saturated rings. The Morgan fingerprint density at radius 3 is 3.00 bits per heavy atom. The molecule has 0 amide bonds. The molecule has 96 valence electrons. The molecule has 1 aromatic heterocycles. The van der Waals surface area contributed by atoms with E-state index in [-0.39, 0.29) is 0 Å². The minimum absolute atomic E-state index is 0.815. The van der Waals surface area contributed by atoms with Crippen molar-refractivity contribution < 1.29 is 4.52 Å². The Kier molecular flexibility index (Phi) is 5.32. The van der Waals surface area contributed by atoms with Crippen LogP contribution in [0.2, 0.25) is 0 Å². The van der Waals surface area contributed by atoms with Crippen LogP contribution in [0.4, 0.5) is 0 Å². The maximum Gasteiger partial charge on any atom is 0.226 e. The molecule has 0 bridgehead atoms. The Bertz CT molecular complexity index is 323. The van der Waals surface area contributed by atoms with Gasteiger partial charge in [0.25, 0.3) is 0 Å². The van der Waals surface area contributed by atoms with Gasteiger partial charge in [0, 0.05) is 6.42 Å². The number of hydrogen-bond acceptors (Lipinski definition) is 5. The third kappa shape index (κ3) is 4.32. The van der Waals surface area contributed by atoms with Gasteiger partial charge in [0.2, 0.25) is 5.89 Å². The van der Waals surface area contributed by atoms with Crippen molar-refractivity contribution >= 4 is 11.8 Å². The predicted octanol–water partition coefficient (Wildman–Crippen LogP) is 2.25. The topological polar surface area (TPSA) is 51.0 Å². The number of piperidine rings is 1. The first-order valence-corrected chi connectivity index (χ1v) is 7.64. The second-order valence-electron chi connectivity index (χ2n) is 4.47. The molecule has 17 heavy (non-hydrogen) atoms. The highest BCUT2D eigenvalue weighted by molar-refractivity contribution is 7.98. The Hall–Kier alpha value is -0.550. The van der Waals surface area contributed by atoms with Gasteiger partial charge in [-0.15, -0.1) is 0 Å². The second-order valence-corrected chi connectivity index (χ2v) is 5.75. The van der Waals surface area contributed by atoms with Gasteiger partial charge in [-0.05, 0) is 44.0 Å². The lowest BCUT2D eigenvalue weighted by molar-refractivity contribution is 0.323. The summed E-state index contributed by atoms with van der Waals surface area (Å²) in [6, 6.07) is 0. The van der Waals surface area contributed by atoms with Crippen molar-refractivity contribution in [2.24, 2.45) is 5.92 Å². The number of nitrogens with zero attached hydrogens (tertiary/aromatic N) is 2. The van der Waals surface area contributed by atoms with Gasteiger partial charge < -0.3 is 9.84 Å². The summed E-state index contributed by atoms with van der Waals surface area (Å²) < 4.78 is 5.26. The maximum absolute atomic E-state index is 5.26. The van der Waals surface area contributed by atoms with E-state index in [1.165, 1.54) is 19.3 Å². The zero-order chi connectivity index (χ0) is 11.9. The normalized spacial score (nSPS) is 17.5. The van der Waals surface area contributed by atoms with Gasteiger partial charge in [0.05, 0.1) is 5.75 Å². The summed E-state index contributed by atoms with van der Waals surface area (Å²) in [5, 5.41) is 7.38. The molecule has 0 spiro atoms. The number of aromatic nitrogens is 2. The molecule has 0 radical (unpaired) electrons. The van der Waals surface area contributed by atoms with E-state index in [9.17, 15) is 0 Å². The Balaban J connectivity index is 1.72. The number of thioether (sulfide) groups is 1. The number of aryl methyl sites for hydroxylation is 1. The van der Waals surface area contributed by atoms with Crippen LogP contribution in [0.25, 0.3) is 0 Å². The zero-order valence-electron chi connectivity index (χ0n) is 10.4. The van der Waals surface area contributed by atoms with E-state index in [4.69, 9.17) is 4.52 Å². The van der Waals surface area contributed by atoms with Crippen LogP contribution >= 0.6 is 11.8 Å². The van der Waals surface area contributed by atoms with Crippen LogP contribution < -0.4 is 5.32 Å². The van der Waals surface area contributed by atoms with E-state index in [1.807, 2.05) is 11.8 Å². The summed E-state index contributed by atoms with van der Waals surface area (Å²) in [4.78, 5) is 4.42. The van der Waals surface area contributed by atoms with E-state index in [0.717, 1.165) is 48.6 Å². The lowest BCUT2D eigenvalue weighted by atomic mass is 9.93. The lowest BCUT2D eigenvalue weighted by Crippen LogP contribution is -2.27. The van der Waals surface area contributed by atoms with Crippen molar-refractivity contribution in [2.45, 2.75) is 38.4 Å². The molecule has 0 atom stereocenters. The molecule has 4 nitrogen and oxygen atoms in total. The Morgan fingerprint density at radius 2 is 2.24 bits per heavy atom. The van der Waals surface area contributed by atoms with E-state index in [2.05, 4.69) is 22.4 Å². The summed E-state index contributed by atoms with van der Waals surface area (Å²) in [5.74, 6) is 4.45. The number of rotatable bonds is 6. The first kappa shape index (κ1) is 12.9. The quantitative estimate of drug-likeness (QED) is 0.845. The summed E-state index contributed by atoms with van der Waals surface area (Å²) in [6.07, 6.45) is 4.69. The van der Waals surface area contributed by atoms with Gasteiger partial charge in [0.1, 0.15) is 0 Å². The fraction of sp³-hybridized carbons (Fsp3) is 0.833. The summed E-state index contributed by atoms with van der Waals surface area (Å²) in [7, 11) is 0.